The third-order valence-corrected chi connectivity index (χ3v) is 5.17. The van der Waals surface area contributed by atoms with E-state index in [9.17, 15) is 4.39 Å². The van der Waals surface area contributed by atoms with Crippen molar-refractivity contribution in [3.63, 3.8) is 0 Å². The van der Waals surface area contributed by atoms with E-state index in [1.54, 1.807) is 0 Å². The summed E-state index contributed by atoms with van der Waals surface area (Å²) < 4.78 is 23.6. The lowest BCUT2D eigenvalue weighted by Crippen LogP contribution is -2.09. The maximum absolute atomic E-state index is 13.9. The Bertz CT molecular complexity index is 1200. The average molecular weight is 409 g/mol. The van der Waals surface area contributed by atoms with Crippen molar-refractivity contribution in [2.45, 2.75) is 26.8 Å². The lowest BCUT2D eigenvalue weighted by molar-refractivity contribution is 0.319. The highest BCUT2D eigenvalue weighted by molar-refractivity contribution is 5.67. The topological polar surface area (TPSA) is 82.2 Å². The third-order valence-electron chi connectivity index (χ3n) is 5.17. The number of aromatic nitrogens is 6. The standard InChI is InChI=1S/C21H24FN7O/c1-13-17(14(2)28(4)27-13)7-8-30-18-9-16(22)10-24-21(18)15-5-6-19-25-26-20(11-23-3)29(19)12-15/h5-6,9-10,12,23H,7-8,11H2,1-4H3. The molecule has 0 radical (unpaired) electrons. The van der Waals surface area contributed by atoms with Gasteiger partial charge in [0.2, 0.25) is 0 Å². The molecule has 0 atom stereocenters. The molecule has 0 amide bonds. The molecule has 30 heavy (non-hydrogen) atoms. The van der Waals surface area contributed by atoms with Crippen molar-refractivity contribution in [3.05, 3.63) is 59.2 Å². The monoisotopic (exact) mass is 409 g/mol. The summed E-state index contributed by atoms with van der Waals surface area (Å²) in [7, 11) is 3.77. The molecule has 9 heteroatoms. The Hall–Kier alpha value is -3.33. The molecule has 4 aromatic rings. The van der Waals surface area contributed by atoms with Crippen LogP contribution in [0.2, 0.25) is 0 Å². The molecule has 1 N–H and O–H groups in total. The van der Waals surface area contributed by atoms with E-state index in [2.05, 4.69) is 25.6 Å². The van der Waals surface area contributed by atoms with Gasteiger partial charge < -0.3 is 10.1 Å². The molecule has 156 valence electrons. The van der Waals surface area contributed by atoms with Crippen LogP contribution in [0.15, 0.2) is 30.6 Å². The molecule has 4 rings (SSSR count). The zero-order valence-electron chi connectivity index (χ0n) is 17.5. The second-order valence-corrected chi connectivity index (χ2v) is 7.16. The summed E-state index contributed by atoms with van der Waals surface area (Å²) in [6.45, 7) is 4.98. The highest BCUT2D eigenvalue weighted by atomic mass is 19.1. The number of hydrogen-bond donors (Lipinski definition) is 1. The van der Waals surface area contributed by atoms with E-state index in [4.69, 9.17) is 4.74 Å². The minimum Gasteiger partial charge on any atom is -0.491 e. The van der Waals surface area contributed by atoms with E-state index >= 15 is 0 Å². The van der Waals surface area contributed by atoms with Crippen molar-refractivity contribution in [1.29, 1.82) is 0 Å². The average Bonchev–Trinajstić information content (AvgIpc) is 3.23. The van der Waals surface area contributed by atoms with Crippen LogP contribution in [0.3, 0.4) is 0 Å². The Labute approximate surface area is 173 Å². The normalized spacial score (nSPS) is 11.4. The van der Waals surface area contributed by atoms with Gasteiger partial charge in [0.05, 0.1) is 25.0 Å². The van der Waals surface area contributed by atoms with Gasteiger partial charge in [0.15, 0.2) is 11.5 Å². The van der Waals surface area contributed by atoms with Crippen LogP contribution in [0.25, 0.3) is 16.9 Å². The lowest BCUT2D eigenvalue weighted by Gasteiger charge is -2.12. The second-order valence-electron chi connectivity index (χ2n) is 7.16. The molecule has 0 saturated heterocycles. The highest BCUT2D eigenvalue weighted by Gasteiger charge is 2.14. The van der Waals surface area contributed by atoms with Crippen molar-refractivity contribution in [2.75, 3.05) is 13.7 Å². The largest absolute Gasteiger partial charge is 0.491 e. The minimum atomic E-state index is -0.441. The van der Waals surface area contributed by atoms with Crippen LogP contribution in [-0.4, -0.2) is 43.0 Å². The number of halogens is 1. The van der Waals surface area contributed by atoms with Gasteiger partial charge in [-0.1, -0.05) is 0 Å². The fraction of sp³-hybridized carbons (Fsp3) is 0.333. The first-order chi connectivity index (χ1) is 14.5. The number of ether oxygens (including phenoxy) is 1. The smallest absolute Gasteiger partial charge is 0.160 e. The molecule has 0 bridgehead atoms. The molecule has 0 aromatic carbocycles. The highest BCUT2D eigenvalue weighted by Crippen LogP contribution is 2.29. The summed E-state index contributed by atoms with van der Waals surface area (Å²) in [6.07, 6.45) is 3.77. The van der Waals surface area contributed by atoms with Crippen molar-refractivity contribution in [2.24, 2.45) is 7.05 Å². The van der Waals surface area contributed by atoms with Crippen LogP contribution in [0.4, 0.5) is 4.39 Å². The number of rotatable bonds is 7. The Balaban J connectivity index is 1.62. The molecule has 0 saturated carbocycles. The quantitative estimate of drug-likeness (QED) is 0.505. The lowest BCUT2D eigenvalue weighted by atomic mass is 10.1. The van der Waals surface area contributed by atoms with E-state index in [1.807, 2.05) is 55.4 Å². The van der Waals surface area contributed by atoms with Crippen molar-refractivity contribution >= 4 is 5.65 Å². The van der Waals surface area contributed by atoms with Gasteiger partial charge in [0.1, 0.15) is 17.3 Å². The van der Waals surface area contributed by atoms with Crippen LogP contribution in [0.5, 0.6) is 5.75 Å². The van der Waals surface area contributed by atoms with Crippen LogP contribution >= 0.6 is 0 Å². The van der Waals surface area contributed by atoms with Crippen LogP contribution in [0, 0.1) is 19.7 Å². The zero-order valence-corrected chi connectivity index (χ0v) is 17.5. The predicted molar refractivity (Wildman–Crippen MR) is 111 cm³/mol. The van der Waals surface area contributed by atoms with E-state index in [0.717, 1.165) is 34.0 Å². The van der Waals surface area contributed by atoms with Gasteiger partial charge in [-0.15, -0.1) is 10.2 Å². The number of nitrogens with zero attached hydrogens (tertiary/aromatic N) is 6. The summed E-state index contributed by atoms with van der Waals surface area (Å²) in [4.78, 5) is 4.29. The SMILES string of the molecule is CNCc1nnc2ccc(-c3ncc(F)cc3OCCc3c(C)nn(C)c3C)cn12. The zero-order chi connectivity index (χ0) is 21.3. The molecule has 0 spiro atoms. The molecular weight excluding hydrogens is 385 g/mol. The fourth-order valence-electron chi connectivity index (χ4n) is 3.55. The van der Waals surface area contributed by atoms with Gasteiger partial charge in [-0.3, -0.25) is 9.08 Å². The fourth-order valence-corrected chi connectivity index (χ4v) is 3.55. The molecule has 0 aliphatic carbocycles. The number of pyridine rings is 2. The Morgan fingerprint density at radius 3 is 2.77 bits per heavy atom. The molecular formula is C21H24FN7O. The Kier molecular flexibility index (Phi) is 5.45. The Morgan fingerprint density at radius 1 is 1.20 bits per heavy atom. The summed E-state index contributed by atoms with van der Waals surface area (Å²) in [5.74, 6) is 0.738. The van der Waals surface area contributed by atoms with E-state index in [0.29, 0.717) is 31.0 Å². The molecule has 4 aromatic heterocycles. The number of hydrogen-bond acceptors (Lipinski definition) is 6. The van der Waals surface area contributed by atoms with Gasteiger partial charge in [-0.25, -0.2) is 9.37 Å². The minimum absolute atomic E-state index is 0.394. The van der Waals surface area contributed by atoms with Crippen LogP contribution in [-0.2, 0) is 20.0 Å². The van der Waals surface area contributed by atoms with Crippen molar-refractivity contribution < 1.29 is 9.13 Å². The van der Waals surface area contributed by atoms with Crippen LogP contribution < -0.4 is 10.1 Å². The molecule has 0 aliphatic rings. The van der Waals surface area contributed by atoms with Gasteiger partial charge in [0.25, 0.3) is 0 Å². The van der Waals surface area contributed by atoms with E-state index < -0.39 is 5.82 Å². The summed E-state index contributed by atoms with van der Waals surface area (Å²) in [5, 5.41) is 15.9. The first-order valence-electron chi connectivity index (χ1n) is 9.74. The van der Waals surface area contributed by atoms with Gasteiger partial charge in [0, 0.05) is 37.0 Å². The first kappa shape index (κ1) is 20.0. The van der Waals surface area contributed by atoms with Gasteiger partial charge in [-0.2, -0.15) is 5.10 Å². The van der Waals surface area contributed by atoms with Crippen molar-refractivity contribution in [3.8, 4) is 17.0 Å². The van der Waals surface area contributed by atoms with E-state index in [1.165, 1.54) is 12.3 Å². The van der Waals surface area contributed by atoms with Gasteiger partial charge in [-0.05, 0) is 38.6 Å². The number of aryl methyl sites for hydroxylation is 2. The first-order valence-corrected chi connectivity index (χ1v) is 9.74. The Morgan fingerprint density at radius 2 is 2.03 bits per heavy atom. The maximum atomic E-state index is 13.9. The number of fused-ring (bicyclic) bond motifs is 1. The molecule has 8 nitrogen and oxygen atoms in total. The van der Waals surface area contributed by atoms with Crippen LogP contribution in [0.1, 0.15) is 22.8 Å². The summed E-state index contributed by atoms with van der Waals surface area (Å²) >= 11 is 0. The van der Waals surface area contributed by atoms with Gasteiger partial charge >= 0.3 is 0 Å². The second kappa shape index (κ2) is 8.19. The third kappa shape index (κ3) is 3.76. The molecule has 0 unspecified atom stereocenters. The molecule has 0 fully saturated rings. The summed E-state index contributed by atoms with van der Waals surface area (Å²) in [6, 6.07) is 5.12. The van der Waals surface area contributed by atoms with Crippen molar-refractivity contribution in [1.82, 2.24) is 34.7 Å². The number of nitrogens with one attached hydrogen (secondary N) is 1. The molecule has 4 heterocycles. The predicted octanol–water partition coefficient (Wildman–Crippen LogP) is 2.62. The molecule has 0 aliphatic heterocycles. The summed E-state index contributed by atoms with van der Waals surface area (Å²) in [5.41, 5.74) is 5.32. The maximum Gasteiger partial charge on any atom is 0.160 e. The van der Waals surface area contributed by atoms with E-state index in [-0.39, 0.29) is 0 Å².